The van der Waals surface area contributed by atoms with Gasteiger partial charge in [0.15, 0.2) is 5.78 Å². The molecule has 7 heteroatoms. The minimum atomic E-state index is -1.85. The second-order valence-corrected chi connectivity index (χ2v) is 8.16. The number of rotatable bonds is 6. The first kappa shape index (κ1) is 26.0. The van der Waals surface area contributed by atoms with E-state index in [-0.39, 0.29) is 12.2 Å². The molecule has 0 amide bonds. The Labute approximate surface area is 182 Å². The molecule has 2 aromatic rings. The summed E-state index contributed by atoms with van der Waals surface area (Å²) in [6.07, 6.45) is 0.141. The van der Waals surface area contributed by atoms with Gasteiger partial charge in [0, 0.05) is 11.1 Å². The number of carboxylic acid groups (broad SMARTS) is 1. The molecule has 7 nitrogen and oxygen atoms in total. The highest BCUT2D eigenvalue weighted by molar-refractivity contribution is 6.09. The summed E-state index contributed by atoms with van der Waals surface area (Å²) in [5.41, 5.74) is 4.53. The van der Waals surface area contributed by atoms with Gasteiger partial charge in [-0.2, -0.15) is 0 Å². The van der Waals surface area contributed by atoms with Crippen molar-refractivity contribution < 1.29 is 29.3 Å². The Morgan fingerprint density at radius 3 is 2.03 bits per heavy atom. The minimum absolute atomic E-state index is 0.0972. The van der Waals surface area contributed by atoms with Crippen LogP contribution in [0.2, 0.25) is 0 Å². The molecular formula is C24H31NO6. The highest BCUT2D eigenvalue weighted by Crippen LogP contribution is 2.19. The van der Waals surface area contributed by atoms with Gasteiger partial charge in [0.25, 0.3) is 0 Å². The van der Waals surface area contributed by atoms with Gasteiger partial charge >= 0.3 is 11.9 Å². The number of carbonyl (C=O) groups excluding carboxylic acids is 2. The smallest absolute Gasteiger partial charge is 0.353 e. The van der Waals surface area contributed by atoms with Crippen molar-refractivity contribution in [1.29, 1.82) is 0 Å². The van der Waals surface area contributed by atoms with Gasteiger partial charge in [-0.1, -0.05) is 55.5 Å². The van der Waals surface area contributed by atoms with Crippen molar-refractivity contribution in [2.24, 2.45) is 5.73 Å². The van der Waals surface area contributed by atoms with Gasteiger partial charge in [-0.3, -0.25) is 15.3 Å². The van der Waals surface area contributed by atoms with Gasteiger partial charge in [0.1, 0.15) is 5.60 Å². The van der Waals surface area contributed by atoms with E-state index in [1.165, 1.54) is 0 Å². The average molecular weight is 430 g/mol. The van der Waals surface area contributed by atoms with E-state index in [4.69, 9.17) is 15.6 Å². The molecule has 2 unspecified atom stereocenters. The maximum absolute atomic E-state index is 12.2. The molecule has 31 heavy (non-hydrogen) atoms. The maximum atomic E-state index is 12.2. The van der Waals surface area contributed by atoms with Crippen LogP contribution < -0.4 is 5.73 Å². The van der Waals surface area contributed by atoms with Crippen molar-refractivity contribution >= 4 is 17.7 Å². The van der Waals surface area contributed by atoms with E-state index in [2.05, 4.69) is 0 Å². The van der Waals surface area contributed by atoms with Crippen LogP contribution in [0.1, 0.15) is 68.4 Å². The number of hydrogen-bond donors (Lipinski definition) is 3. The van der Waals surface area contributed by atoms with Gasteiger partial charge < -0.3 is 14.9 Å². The summed E-state index contributed by atoms with van der Waals surface area (Å²) in [6, 6.07) is 15.7. The van der Waals surface area contributed by atoms with Crippen LogP contribution in [0.4, 0.5) is 0 Å². The molecule has 0 aliphatic rings. The van der Waals surface area contributed by atoms with E-state index in [9.17, 15) is 19.5 Å². The van der Waals surface area contributed by atoms with Gasteiger partial charge in [-0.15, -0.1) is 0 Å². The molecule has 2 aromatic carbocycles. The van der Waals surface area contributed by atoms with Crippen molar-refractivity contribution in [3.63, 3.8) is 0 Å². The molecule has 4 N–H and O–H groups in total. The molecule has 0 aliphatic carbocycles. The molecule has 0 spiro atoms. The largest absolute Gasteiger partial charge is 0.481 e. The molecule has 0 heterocycles. The van der Waals surface area contributed by atoms with Crippen LogP contribution in [-0.4, -0.2) is 39.3 Å². The normalized spacial score (nSPS) is 13.8. The summed E-state index contributed by atoms with van der Waals surface area (Å²) in [4.78, 5) is 34.3. The fraction of sp³-hybridized carbons (Fsp3) is 0.375. The molecule has 0 saturated heterocycles. The fourth-order valence-corrected chi connectivity index (χ4v) is 2.36. The number of ether oxygens (including phenoxy) is 1. The van der Waals surface area contributed by atoms with Gasteiger partial charge in [-0.05, 0) is 45.7 Å². The molecule has 0 aromatic heterocycles. The molecular weight excluding hydrogens is 398 g/mol. The zero-order valence-electron chi connectivity index (χ0n) is 18.6. The summed E-state index contributed by atoms with van der Waals surface area (Å²) in [7, 11) is 0. The summed E-state index contributed by atoms with van der Waals surface area (Å²) >= 11 is 0. The van der Waals surface area contributed by atoms with Crippen LogP contribution in [0.5, 0.6) is 0 Å². The highest BCUT2D eigenvalue weighted by Gasteiger charge is 2.33. The topological polar surface area (TPSA) is 127 Å². The third kappa shape index (κ3) is 8.32. The zero-order chi connectivity index (χ0) is 23.8. The first-order valence-corrected chi connectivity index (χ1v) is 9.95. The summed E-state index contributed by atoms with van der Waals surface area (Å²) in [6.45, 7) is 8.38. The van der Waals surface area contributed by atoms with Crippen molar-refractivity contribution in [2.45, 2.75) is 58.3 Å². The van der Waals surface area contributed by atoms with Crippen LogP contribution in [0.3, 0.4) is 0 Å². The molecule has 0 saturated carbocycles. The molecule has 0 radical (unpaired) electrons. The van der Waals surface area contributed by atoms with Crippen LogP contribution in [0.15, 0.2) is 54.6 Å². The lowest BCUT2D eigenvalue weighted by Gasteiger charge is -2.26. The molecule has 168 valence electrons. The van der Waals surface area contributed by atoms with E-state index in [0.717, 1.165) is 0 Å². The van der Waals surface area contributed by atoms with Gasteiger partial charge in [0.2, 0.25) is 5.72 Å². The Morgan fingerprint density at radius 2 is 1.55 bits per heavy atom. The number of aliphatic carboxylic acids is 1. The summed E-state index contributed by atoms with van der Waals surface area (Å²) < 4.78 is 4.88. The van der Waals surface area contributed by atoms with Crippen LogP contribution in [0, 0.1) is 0 Å². The third-order valence-corrected chi connectivity index (χ3v) is 4.35. The van der Waals surface area contributed by atoms with E-state index in [1.54, 1.807) is 83.1 Å². The number of aliphatic hydroxyl groups is 1. The SMILES string of the molecule is CC(C(=O)O)c1cccc(C(=O)c2ccccc2)c1.CCC(N)(O)C(=O)OC(C)(C)C. The highest BCUT2D eigenvalue weighted by atomic mass is 16.6. The summed E-state index contributed by atoms with van der Waals surface area (Å²) in [5.74, 6) is -2.40. The Balaban J connectivity index is 0.000000348. The molecule has 0 aliphatic heterocycles. The number of carboxylic acids is 1. The van der Waals surface area contributed by atoms with Crippen molar-refractivity contribution in [3.05, 3.63) is 71.3 Å². The second-order valence-electron chi connectivity index (χ2n) is 8.16. The maximum Gasteiger partial charge on any atom is 0.353 e. The lowest BCUT2D eigenvalue weighted by atomic mass is 9.96. The van der Waals surface area contributed by atoms with Crippen LogP contribution >= 0.6 is 0 Å². The molecule has 2 rings (SSSR count). The van der Waals surface area contributed by atoms with E-state index in [0.29, 0.717) is 16.7 Å². The predicted octanol–water partition coefficient (Wildman–Crippen LogP) is 3.49. The Morgan fingerprint density at radius 1 is 1.00 bits per heavy atom. The predicted molar refractivity (Wildman–Crippen MR) is 118 cm³/mol. The van der Waals surface area contributed by atoms with Crippen LogP contribution in [0.25, 0.3) is 0 Å². The first-order valence-electron chi connectivity index (χ1n) is 9.95. The number of nitrogens with two attached hydrogens (primary N) is 1. The Kier molecular flexibility index (Phi) is 9.09. The first-order chi connectivity index (χ1) is 14.3. The fourth-order valence-electron chi connectivity index (χ4n) is 2.36. The third-order valence-electron chi connectivity index (χ3n) is 4.35. The van der Waals surface area contributed by atoms with Gasteiger partial charge in [-0.25, -0.2) is 4.79 Å². The standard InChI is InChI=1S/C16H14O3.C8H17NO3/c1-11(16(18)19)13-8-5-9-14(10-13)15(17)12-6-3-2-4-7-12;1-5-8(9,11)6(10)12-7(2,3)4/h2-11H,1H3,(H,18,19);11H,5,9H2,1-4H3. The number of benzene rings is 2. The summed E-state index contributed by atoms with van der Waals surface area (Å²) in [5, 5.41) is 18.3. The zero-order valence-corrected chi connectivity index (χ0v) is 18.6. The lowest BCUT2D eigenvalue weighted by molar-refractivity contribution is -0.177. The van der Waals surface area contributed by atoms with Crippen molar-refractivity contribution in [1.82, 2.24) is 0 Å². The number of carbonyl (C=O) groups is 3. The Bertz CT molecular complexity index is 900. The van der Waals surface area contributed by atoms with Crippen molar-refractivity contribution in [3.8, 4) is 0 Å². The quantitative estimate of drug-likeness (QED) is 0.364. The number of ketones is 1. The van der Waals surface area contributed by atoms with E-state index in [1.807, 2.05) is 6.07 Å². The average Bonchev–Trinajstić information content (AvgIpc) is 2.72. The molecule has 0 bridgehead atoms. The van der Waals surface area contributed by atoms with E-state index < -0.39 is 29.2 Å². The number of hydrogen-bond acceptors (Lipinski definition) is 6. The lowest BCUT2D eigenvalue weighted by Crippen LogP contribution is -2.50. The van der Waals surface area contributed by atoms with Crippen LogP contribution in [-0.2, 0) is 14.3 Å². The monoisotopic (exact) mass is 429 g/mol. The second kappa shape index (κ2) is 10.8. The van der Waals surface area contributed by atoms with E-state index >= 15 is 0 Å². The minimum Gasteiger partial charge on any atom is -0.481 e. The van der Waals surface area contributed by atoms with Gasteiger partial charge in [0.05, 0.1) is 5.92 Å². The van der Waals surface area contributed by atoms with Crippen molar-refractivity contribution in [2.75, 3.05) is 0 Å². The molecule has 0 fully saturated rings. The Hall–Kier alpha value is -3.03. The number of esters is 1. The molecule has 2 atom stereocenters.